The average Bonchev–Trinajstić information content (AvgIpc) is 2.99. The molecule has 0 spiro atoms. The highest BCUT2D eigenvalue weighted by Crippen LogP contribution is 2.23. The van der Waals surface area contributed by atoms with Crippen LogP contribution < -0.4 is 16.6 Å². The second-order valence-corrected chi connectivity index (χ2v) is 6.69. The lowest BCUT2D eigenvalue weighted by Gasteiger charge is -2.17. The van der Waals surface area contributed by atoms with E-state index in [4.69, 9.17) is 0 Å². The van der Waals surface area contributed by atoms with E-state index in [2.05, 4.69) is 5.32 Å². The van der Waals surface area contributed by atoms with Gasteiger partial charge in [0.15, 0.2) is 0 Å². The highest BCUT2D eigenvalue weighted by molar-refractivity contribution is 5.92. The third-order valence-corrected chi connectivity index (χ3v) is 5.01. The number of hydrogen-bond acceptors (Lipinski definition) is 4. The number of aliphatic hydroxyl groups is 1. The zero-order chi connectivity index (χ0) is 18.3. The number of carbonyl (C=O) groups is 1. The minimum absolute atomic E-state index is 0.0618. The lowest BCUT2D eigenvalue weighted by Crippen LogP contribution is -2.37. The summed E-state index contributed by atoms with van der Waals surface area (Å²) >= 11 is 0. The van der Waals surface area contributed by atoms with Crippen molar-refractivity contribution in [2.24, 2.45) is 25.9 Å². The summed E-state index contributed by atoms with van der Waals surface area (Å²) in [7, 11) is 3.02. The van der Waals surface area contributed by atoms with Crippen LogP contribution in [-0.4, -0.2) is 44.9 Å². The number of carbonyl (C=O) groups excluding carboxylic acids is 1. The summed E-state index contributed by atoms with van der Waals surface area (Å²) in [6.07, 6.45) is 0. The molecule has 2 N–H and O–H groups in total. The fraction of sp³-hybridized carbons (Fsp3) is 0.471. The molecule has 2 aromatic rings. The number of aromatic nitrogens is 2. The molecule has 1 aromatic heterocycles. The molecular weight excluding hydrogens is 324 g/mol. The summed E-state index contributed by atoms with van der Waals surface area (Å²) in [6, 6.07) is 4.63. The van der Waals surface area contributed by atoms with Crippen LogP contribution >= 0.6 is 0 Å². The van der Waals surface area contributed by atoms with E-state index in [1.807, 2.05) is 6.92 Å². The molecule has 1 saturated heterocycles. The van der Waals surface area contributed by atoms with Crippen molar-refractivity contribution < 1.29 is 9.90 Å². The van der Waals surface area contributed by atoms with Gasteiger partial charge in [-0.3, -0.25) is 13.9 Å². The Bertz CT molecular complexity index is 946. The van der Waals surface area contributed by atoms with E-state index in [-0.39, 0.29) is 30.0 Å². The van der Waals surface area contributed by atoms with Crippen molar-refractivity contribution in [2.75, 3.05) is 25.0 Å². The normalized spacial score (nSPS) is 20.2. The van der Waals surface area contributed by atoms with E-state index in [9.17, 15) is 19.5 Å². The van der Waals surface area contributed by atoms with Crippen molar-refractivity contribution >= 4 is 22.6 Å². The van der Waals surface area contributed by atoms with Gasteiger partial charge in [-0.05, 0) is 24.1 Å². The predicted molar refractivity (Wildman–Crippen MR) is 94.8 cm³/mol. The van der Waals surface area contributed by atoms with Crippen LogP contribution in [0.15, 0.2) is 27.8 Å². The number of hydrogen-bond donors (Lipinski definition) is 2. The summed E-state index contributed by atoms with van der Waals surface area (Å²) in [5.41, 5.74) is 0.199. The van der Waals surface area contributed by atoms with Gasteiger partial charge >= 0.3 is 11.7 Å². The van der Waals surface area contributed by atoms with E-state index in [1.165, 1.54) is 11.6 Å². The molecule has 134 valence electrons. The van der Waals surface area contributed by atoms with Crippen molar-refractivity contribution in [3.63, 3.8) is 0 Å². The maximum atomic E-state index is 12.4. The first-order chi connectivity index (χ1) is 11.8. The first kappa shape index (κ1) is 17.2. The molecule has 8 heteroatoms. The lowest BCUT2D eigenvalue weighted by molar-refractivity contribution is 0.202. The molecule has 1 aromatic carbocycles. The fourth-order valence-corrected chi connectivity index (χ4v) is 3.30. The summed E-state index contributed by atoms with van der Waals surface area (Å²) < 4.78 is 2.44. The molecule has 3 rings (SSSR count). The Balaban J connectivity index is 1.89. The predicted octanol–water partition coefficient (Wildman–Crippen LogP) is 0.329. The summed E-state index contributed by atoms with van der Waals surface area (Å²) in [5.74, 6) is 0.336. The standard InChI is InChI=1S/C17H22N4O4/c1-10-7-21(8-11(10)9-22)16(24)18-12-4-5-13-14(6-12)19(2)17(25)20(3)15(13)23/h4-6,10-11,22H,7-9H2,1-3H3,(H,18,24)/t10-,11+/m1/s1. The molecule has 0 radical (unpaired) electrons. The molecule has 0 unspecified atom stereocenters. The first-order valence-corrected chi connectivity index (χ1v) is 8.20. The van der Waals surface area contributed by atoms with Crippen LogP contribution in [0.1, 0.15) is 6.92 Å². The van der Waals surface area contributed by atoms with Crippen LogP contribution in [0.4, 0.5) is 10.5 Å². The molecule has 1 fully saturated rings. The van der Waals surface area contributed by atoms with Gasteiger partial charge in [0, 0.05) is 45.4 Å². The van der Waals surface area contributed by atoms with Gasteiger partial charge in [0.05, 0.1) is 10.9 Å². The third kappa shape index (κ3) is 2.93. The number of nitrogens with one attached hydrogen (secondary N) is 1. The molecule has 0 bridgehead atoms. The number of aryl methyl sites for hydroxylation is 1. The highest BCUT2D eigenvalue weighted by Gasteiger charge is 2.31. The van der Waals surface area contributed by atoms with Crippen molar-refractivity contribution in [3.05, 3.63) is 39.0 Å². The minimum atomic E-state index is -0.417. The quantitative estimate of drug-likeness (QED) is 0.819. The molecule has 0 saturated carbocycles. The Labute approximate surface area is 144 Å². The summed E-state index contributed by atoms with van der Waals surface area (Å²) in [4.78, 5) is 38.3. The van der Waals surface area contributed by atoms with Crippen LogP contribution in [0.2, 0.25) is 0 Å². The van der Waals surface area contributed by atoms with Gasteiger partial charge in [0.2, 0.25) is 0 Å². The monoisotopic (exact) mass is 346 g/mol. The van der Waals surface area contributed by atoms with Gasteiger partial charge in [0.25, 0.3) is 5.56 Å². The topological polar surface area (TPSA) is 96.6 Å². The Kier molecular flexibility index (Phi) is 4.38. The van der Waals surface area contributed by atoms with E-state index in [0.29, 0.717) is 29.7 Å². The SMILES string of the molecule is C[C@@H]1CN(C(=O)Nc2ccc3c(=O)n(C)c(=O)n(C)c3c2)C[C@H]1CO. The second kappa shape index (κ2) is 6.36. The Morgan fingerprint density at radius 1 is 1.24 bits per heavy atom. The molecule has 8 nitrogen and oxygen atoms in total. The highest BCUT2D eigenvalue weighted by atomic mass is 16.3. The van der Waals surface area contributed by atoms with Crippen LogP contribution in [0.3, 0.4) is 0 Å². The van der Waals surface area contributed by atoms with Gasteiger partial charge in [-0.25, -0.2) is 9.59 Å². The average molecular weight is 346 g/mol. The number of fused-ring (bicyclic) bond motifs is 1. The number of rotatable bonds is 2. The molecule has 25 heavy (non-hydrogen) atoms. The van der Waals surface area contributed by atoms with Crippen LogP contribution in [0.25, 0.3) is 10.9 Å². The fourth-order valence-electron chi connectivity index (χ4n) is 3.30. The number of nitrogens with zero attached hydrogens (tertiary/aromatic N) is 3. The Hall–Kier alpha value is -2.61. The van der Waals surface area contributed by atoms with Crippen LogP contribution in [0.5, 0.6) is 0 Å². The van der Waals surface area contributed by atoms with Crippen LogP contribution in [-0.2, 0) is 14.1 Å². The van der Waals surface area contributed by atoms with E-state index in [0.717, 1.165) is 4.57 Å². The van der Waals surface area contributed by atoms with Gasteiger partial charge in [0.1, 0.15) is 0 Å². The van der Waals surface area contributed by atoms with Gasteiger partial charge in [-0.2, -0.15) is 0 Å². The molecule has 2 amide bonds. The van der Waals surface area contributed by atoms with Crippen molar-refractivity contribution in [1.29, 1.82) is 0 Å². The molecule has 2 heterocycles. The van der Waals surface area contributed by atoms with E-state index < -0.39 is 5.69 Å². The van der Waals surface area contributed by atoms with Gasteiger partial charge in [-0.1, -0.05) is 6.92 Å². The molecule has 2 atom stereocenters. The van der Waals surface area contributed by atoms with Crippen molar-refractivity contribution in [1.82, 2.24) is 14.0 Å². The number of benzene rings is 1. The van der Waals surface area contributed by atoms with Crippen molar-refractivity contribution in [3.8, 4) is 0 Å². The molecule has 0 aliphatic carbocycles. The Morgan fingerprint density at radius 2 is 1.96 bits per heavy atom. The molecule has 1 aliphatic heterocycles. The van der Waals surface area contributed by atoms with E-state index >= 15 is 0 Å². The maximum Gasteiger partial charge on any atom is 0.330 e. The molecule has 1 aliphatic rings. The zero-order valence-corrected chi connectivity index (χ0v) is 14.5. The number of anilines is 1. The summed E-state index contributed by atoms with van der Waals surface area (Å²) in [5, 5.41) is 12.5. The van der Waals surface area contributed by atoms with Crippen LogP contribution in [0, 0.1) is 11.8 Å². The molecular formula is C17H22N4O4. The lowest BCUT2D eigenvalue weighted by atomic mass is 10.00. The Morgan fingerprint density at radius 3 is 2.60 bits per heavy atom. The second-order valence-electron chi connectivity index (χ2n) is 6.69. The number of amides is 2. The van der Waals surface area contributed by atoms with E-state index in [1.54, 1.807) is 30.1 Å². The number of aliphatic hydroxyl groups excluding tert-OH is 1. The summed E-state index contributed by atoms with van der Waals surface area (Å²) in [6.45, 7) is 3.17. The zero-order valence-electron chi connectivity index (χ0n) is 14.5. The number of likely N-dealkylation sites (tertiary alicyclic amines) is 1. The van der Waals surface area contributed by atoms with Gasteiger partial charge in [-0.15, -0.1) is 0 Å². The smallest absolute Gasteiger partial charge is 0.330 e. The largest absolute Gasteiger partial charge is 0.396 e. The minimum Gasteiger partial charge on any atom is -0.396 e. The number of urea groups is 1. The van der Waals surface area contributed by atoms with Gasteiger partial charge < -0.3 is 15.3 Å². The maximum absolute atomic E-state index is 12.4. The third-order valence-electron chi connectivity index (χ3n) is 5.01. The van der Waals surface area contributed by atoms with Crippen molar-refractivity contribution in [2.45, 2.75) is 6.92 Å². The first-order valence-electron chi connectivity index (χ1n) is 8.20.